The van der Waals surface area contributed by atoms with Crippen LogP contribution in [0, 0.1) is 0 Å². The Kier molecular flexibility index (Phi) is 5.71. The van der Waals surface area contributed by atoms with Gasteiger partial charge >= 0.3 is 0 Å². The fourth-order valence-corrected chi connectivity index (χ4v) is 4.20. The molecular formula is C21H27N3O5. The first-order chi connectivity index (χ1) is 14.0. The average Bonchev–Trinajstić information content (AvgIpc) is 3.12. The molecule has 0 saturated carbocycles. The van der Waals surface area contributed by atoms with Crippen LogP contribution in [0.15, 0.2) is 18.2 Å². The number of fused-ring (bicyclic) bond motifs is 1. The standard InChI is InChI=1S/C21H27N3O5/c25-17-13-24(21(28)8-11-23-9-1-2-20(23)27)10-7-18(17)29-15-5-3-14-4-6-19(26)22-16(14)12-15/h3,5,12,17-18,25H,1-2,4,6-11,13H2,(H,22,26)/t17-,18-/m1/s1. The van der Waals surface area contributed by atoms with Gasteiger partial charge in [0.1, 0.15) is 18.0 Å². The zero-order valence-corrected chi connectivity index (χ0v) is 16.4. The largest absolute Gasteiger partial charge is 0.488 e. The van der Waals surface area contributed by atoms with Gasteiger partial charge in [-0.05, 0) is 24.5 Å². The first-order valence-corrected chi connectivity index (χ1v) is 10.3. The molecule has 3 heterocycles. The summed E-state index contributed by atoms with van der Waals surface area (Å²) in [6.07, 6.45) is 2.26. The van der Waals surface area contributed by atoms with Gasteiger partial charge in [-0.3, -0.25) is 14.4 Å². The molecule has 4 rings (SSSR count). The lowest BCUT2D eigenvalue weighted by Crippen LogP contribution is -2.51. The van der Waals surface area contributed by atoms with Crippen LogP contribution >= 0.6 is 0 Å². The van der Waals surface area contributed by atoms with Crippen molar-refractivity contribution in [3.63, 3.8) is 0 Å². The van der Waals surface area contributed by atoms with Gasteiger partial charge < -0.3 is 25.0 Å². The number of carbonyl (C=O) groups excluding carboxylic acids is 3. The van der Waals surface area contributed by atoms with Crippen molar-refractivity contribution in [2.45, 2.75) is 50.7 Å². The van der Waals surface area contributed by atoms with Crippen molar-refractivity contribution in [3.05, 3.63) is 23.8 Å². The zero-order valence-electron chi connectivity index (χ0n) is 16.4. The van der Waals surface area contributed by atoms with Gasteiger partial charge in [-0.2, -0.15) is 0 Å². The number of piperidine rings is 1. The Morgan fingerprint density at radius 3 is 2.83 bits per heavy atom. The number of aliphatic hydroxyl groups excluding tert-OH is 1. The maximum atomic E-state index is 12.5. The molecule has 8 heteroatoms. The second-order valence-corrected chi connectivity index (χ2v) is 7.95. The third-order valence-corrected chi connectivity index (χ3v) is 5.90. The normalized spacial score (nSPS) is 24.3. The van der Waals surface area contributed by atoms with Crippen molar-refractivity contribution in [2.24, 2.45) is 0 Å². The van der Waals surface area contributed by atoms with E-state index in [0.29, 0.717) is 44.5 Å². The molecule has 8 nitrogen and oxygen atoms in total. The lowest BCUT2D eigenvalue weighted by atomic mass is 10.0. The molecule has 3 aliphatic heterocycles. The molecule has 2 atom stereocenters. The van der Waals surface area contributed by atoms with E-state index >= 15 is 0 Å². The number of aryl methyl sites for hydroxylation is 1. The van der Waals surface area contributed by atoms with E-state index in [9.17, 15) is 19.5 Å². The van der Waals surface area contributed by atoms with Crippen molar-refractivity contribution in [1.82, 2.24) is 9.80 Å². The molecule has 0 aliphatic carbocycles. The smallest absolute Gasteiger partial charge is 0.224 e. The number of likely N-dealkylation sites (tertiary alicyclic amines) is 2. The molecule has 3 amide bonds. The number of nitrogens with zero attached hydrogens (tertiary/aromatic N) is 2. The van der Waals surface area contributed by atoms with Gasteiger partial charge in [0.2, 0.25) is 17.7 Å². The maximum absolute atomic E-state index is 12.5. The van der Waals surface area contributed by atoms with Crippen LogP contribution in [0.2, 0.25) is 0 Å². The van der Waals surface area contributed by atoms with Crippen molar-refractivity contribution in [2.75, 3.05) is 31.5 Å². The number of aliphatic hydroxyl groups is 1. The Morgan fingerprint density at radius 2 is 2.07 bits per heavy atom. The minimum atomic E-state index is -0.785. The molecule has 156 valence electrons. The summed E-state index contributed by atoms with van der Waals surface area (Å²) >= 11 is 0. The quantitative estimate of drug-likeness (QED) is 0.765. The van der Waals surface area contributed by atoms with Gasteiger partial charge in [0.05, 0.1) is 6.54 Å². The second-order valence-electron chi connectivity index (χ2n) is 7.95. The number of nitrogens with one attached hydrogen (secondary N) is 1. The minimum absolute atomic E-state index is 0.00265. The van der Waals surface area contributed by atoms with Crippen LogP contribution in [-0.2, 0) is 20.8 Å². The molecule has 0 radical (unpaired) electrons. The summed E-state index contributed by atoms with van der Waals surface area (Å²) in [5.74, 6) is 0.671. The lowest BCUT2D eigenvalue weighted by molar-refractivity contribution is -0.138. The molecule has 2 saturated heterocycles. The Bertz CT molecular complexity index is 812. The number of rotatable bonds is 5. The lowest BCUT2D eigenvalue weighted by Gasteiger charge is -2.36. The predicted octanol–water partition coefficient (Wildman–Crippen LogP) is 0.924. The fourth-order valence-electron chi connectivity index (χ4n) is 4.20. The van der Waals surface area contributed by atoms with E-state index in [0.717, 1.165) is 24.2 Å². The van der Waals surface area contributed by atoms with E-state index in [2.05, 4.69) is 5.32 Å². The van der Waals surface area contributed by atoms with Crippen LogP contribution < -0.4 is 10.1 Å². The van der Waals surface area contributed by atoms with E-state index in [4.69, 9.17) is 4.74 Å². The van der Waals surface area contributed by atoms with E-state index in [1.165, 1.54) is 0 Å². The highest BCUT2D eigenvalue weighted by molar-refractivity contribution is 5.94. The Morgan fingerprint density at radius 1 is 1.21 bits per heavy atom. The summed E-state index contributed by atoms with van der Waals surface area (Å²) in [7, 11) is 0. The molecule has 0 aromatic heterocycles. The molecule has 2 fully saturated rings. The number of anilines is 1. The van der Waals surface area contributed by atoms with Crippen LogP contribution in [0.1, 0.15) is 37.7 Å². The van der Waals surface area contributed by atoms with Crippen molar-refractivity contribution in [1.29, 1.82) is 0 Å². The third kappa shape index (κ3) is 4.53. The number of hydrogen-bond donors (Lipinski definition) is 2. The fraction of sp³-hybridized carbons (Fsp3) is 0.571. The van der Waals surface area contributed by atoms with E-state index in [1.807, 2.05) is 12.1 Å². The first-order valence-electron chi connectivity index (χ1n) is 10.3. The highest BCUT2D eigenvalue weighted by atomic mass is 16.5. The Labute approximate surface area is 169 Å². The summed E-state index contributed by atoms with van der Waals surface area (Å²) in [4.78, 5) is 39.1. The van der Waals surface area contributed by atoms with Crippen LogP contribution in [0.3, 0.4) is 0 Å². The van der Waals surface area contributed by atoms with E-state index in [-0.39, 0.29) is 30.7 Å². The Balaban J connectivity index is 1.29. The molecule has 3 aliphatic rings. The third-order valence-electron chi connectivity index (χ3n) is 5.90. The highest BCUT2D eigenvalue weighted by Crippen LogP contribution is 2.29. The second kappa shape index (κ2) is 8.41. The highest BCUT2D eigenvalue weighted by Gasteiger charge is 2.32. The molecule has 29 heavy (non-hydrogen) atoms. The molecule has 1 aromatic rings. The van der Waals surface area contributed by atoms with Crippen LogP contribution in [0.4, 0.5) is 5.69 Å². The molecule has 0 spiro atoms. The average molecular weight is 401 g/mol. The van der Waals surface area contributed by atoms with Gasteiger partial charge in [-0.1, -0.05) is 6.07 Å². The van der Waals surface area contributed by atoms with Crippen molar-refractivity contribution >= 4 is 23.4 Å². The molecular weight excluding hydrogens is 374 g/mol. The Hall–Kier alpha value is -2.61. The number of β-amino-alcohol motifs (C(OH)–C–C–N with tert-alkyl or cyclic N) is 1. The summed E-state index contributed by atoms with van der Waals surface area (Å²) in [6, 6.07) is 5.59. The SMILES string of the molecule is O=C1CCc2ccc(O[C@@H]3CCN(C(=O)CCN4CCCC4=O)C[C@H]3O)cc2N1. The number of carbonyl (C=O) groups is 3. The van der Waals surface area contributed by atoms with Crippen LogP contribution in [0.25, 0.3) is 0 Å². The number of hydrogen-bond acceptors (Lipinski definition) is 5. The van der Waals surface area contributed by atoms with Crippen LogP contribution in [0.5, 0.6) is 5.75 Å². The summed E-state index contributed by atoms with van der Waals surface area (Å²) in [5, 5.41) is 13.3. The number of ether oxygens (including phenoxy) is 1. The van der Waals surface area contributed by atoms with Crippen LogP contribution in [-0.4, -0.2) is 71.0 Å². The molecule has 1 aromatic carbocycles. The minimum Gasteiger partial charge on any atom is -0.488 e. The summed E-state index contributed by atoms with van der Waals surface area (Å²) in [5.41, 5.74) is 1.84. The van der Waals surface area contributed by atoms with Gasteiger partial charge in [-0.25, -0.2) is 0 Å². The van der Waals surface area contributed by atoms with E-state index in [1.54, 1.807) is 15.9 Å². The summed E-state index contributed by atoms with van der Waals surface area (Å²) in [6.45, 7) is 1.91. The first kappa shape index (κ1) is 19.7. The van der Waals surface area contributed by atoms with Gasteiger partial charge in [0.25, 0.3) is 0 Å². The topological polar surface area (TPSA) is 99.2 Å². The molecule has 2 N–H and O–H groups in total. The zero-order chi connectivity index (χ0) is 20.4. The van der Waals surface area contributed by atoms with E-state index < -0.39 is 12.2 Å². The maximum Gasteiger partial charge on any atom is 0.224 e. The number of benzene rings is 1. The molecule has 0 unspecified atom stereocenters. The van der Waals surface area contributed by atoms with Gasteiger partial charge in [-0.15, -0.1) is 0 Å². The predicted molar refractivity (Wildman–Crippen MR) is 105 cm³/mol. The monoisotopic (exact) mass is 401 g/mol. The number of amides is 3. The van der Waals surface area contributed by atoms with Gasteiger partial charge in [0.15, 0.2) is 0 Å². The summed E-state index contributed by atoms with van der Waals surface area (Å²) < 4.78 is 5.96. The van der Waals surface area contributed by atoms with Crippen molar-refractivity contribution < 1.29 is 24.2 Å². The van der Waals surface area contributed by atoms with Crippen molar-refractivity contribution in [3.8, 4) is 5.75 Å². The molecule has 0 bridgehead atoms. The van der Waals surface area contributed by atoms with Gasteiger partial charge in [0, 0.05) is 57.1 Å².